The molecule has 108 valence electrons. The number of ether oxygens (including phenoxy) is 3. The van der Waals surface area contributed by atoms with Crippen molar-refractivity contribution in [1.82, 2.24) is 0 Å². The first-order chi connectivity index (χ1) is 10.2. The van der Waals surface area contributed by atoms with Crippen LogP contribution in [0.3, 0.4) is 0 Å². The van der Waals surface area contributed by atoms with E-state index in [0.717, 1.165) is 5.75 Å². The minimum absolute atomic E-state index is 0.316. The number of benzene rings is 2. The minimum Gasteiger partial charge on any atom is -0.493 e. The van der Waals surface area contributed by atoms with Crippen molar-refractivity contribution >= 4 is 11.6 Å². The number of rotatable bonds is 6. The molecule has 0 aromatic heterocycles. The molecule has 0 fully saturated rings. The summed E-state index contributed by atoms with van der Waals surface area (Å²) in [7, 11) is 1.50. The average Bonchev–Trinajstić information content (AvgIpc) is 2.53. The molecule has 2 aromatic rings. The molecule has 0 saturated heterocycles. The zero-order chi connectivity index (χ0) is 15.1. The van der Waals surface area contributed by atoms with E-state index in [9.17, 15) is 0 Å². The molecule has 0 aliphatic heterocycles. The van der Waals surface area contributed by atoms with E-state index in [1.165, 1.54) is 13.2 Å². The summed E-state index contributed by atoms with van der Waals surface area (Å²) >= 11 is 6.09. The Bertz CT molecular complexity index is 638. The van der Waals surface area contributed by atoms with Gasteiger partial charge in [-0.15, -0.1) is 0 Å². The zero-order valence-electron chi connectivity index (χ0n) is 11.5. The highest BCUT2D eigenvalue weighted by Gasteiger charge is 2.12. The molecule has 0 aliphatic rings. The standard InChI is InChI=1S/C16H14ClNO3/c1-19-15-10-12(11-18)9-14(17)16(15)21-8-7-20-13-5-3-2-4-6-13/h2-6,9-10H,7-8H2,1H3. The molecule has 0 N–H and O–H groups in total. The molecule has 0 aliphatic carbocycles. The molecule has 0 heterocycles. The van der Waals surface area contributed by atoms with Crippen LogP contribution >= 0.6 is 11.6 Å². The first kappa shape index (κ1) is 15.0. The van der Waals surface area contributed by atoms with E-state index in [2.05, 4.69) is 0 Å². The smallest absolute Gasteiger partial charge is 0.179 e. The fourth-order valence-corrected chi connectivity index (χ4v) is 2.01. The number of nitrogens with zero attached hydrogens (tertiary/aromatic N) is 1. The van der Waals surface area contributed by atoms with Crippen molar-refractivity contribution in [2.45, 2.75) is 0 Å². The molecule has 0 bridgehead atoms. The maximum Gasteiger partial charge on any atom is 0.179 e. The van der Waals surface area contributed by atoms with Gasteiger partial charge in [-0.05, 0) is 18.2 Å². The van der Waals surface area contributed by atoms with Crippen LogP contribution in [0.25, 0.3) is 0 Å². The molecular formula is C16H14ClNO3. The summed E-state index contributed by atoms with van der Waals surface area (Å²) in [5.74, 6) is 1.62. The van der Waals surface area contributed by atoms with Crippen molar-refractivity contribution in [2.24, 2.45) is 0 Å². The molecular weight excluding hydrogens is 290 g/mol. The maximum absolute atomic E-state index is 8.89. The molecule has 5 heteroatoms. The number of methoxy groups -OCH3 is 1. The lowest BCUT2D eigenvalue weighted by molar-refractivity contribution is 0.211. The van der Waals surface area contributed by atoms with E-state index < -0.39 is 0 Å². The largest absolute Gasteiger partial charge is 0.493 e. The number of hydrogen-bond acceptors (Lipinski definition) is 4. The van der Waals surface area contributed by atoms with Gasteiger partial charge in [-0.3, -0.25) is 0 Å². The second-order valence-corrected chi connectivity index (χ2v) is 4.52. The lowest BCUT2D eigenvalue weighted by Gasteiger charge is -2.13. The van der Waals surface area contributed by atoms with Gasteiger partial charge in [0.05, 0.1) is 23.8 Å². The topological polar surface area (TPSA) is 51.5 Å². The van der Waals surface area contributed by atoms with E-state index >= 15 is 0 Å². The van der Waals surface area contributed by atoms with Crippen LogP contribution in [0.4, 0.5) is 0 Å². The van der Waals surface area contributed by atoms with Crippen LogP contribution in [-0.2, 0) is 0 Å². The number of halogens is 1. The highest BCUT2D eigenvalue weighted by Crippen LogP contribution is 2.36. The average molecular weight is 304 g/mol. The van der Waals surface area contributed by atoms with Crippen molar-refractivity contribution in [1.29, 1.82) is 5.26 Å². The SMILES string of the molecule is COc1cc(C#N)cc(Cl)c1OCCOc1ccccc1. The Kier molecular flexibility index (Phi) is 5.30. The van der Waals surface area contributed by atoms with Crippen LogP contribution in [-0.4, -0.2) is 20.3 Å². The second kappa shape index (κ2) is 7.41. The van der Waals surface area contributed by atoms with Gasteiger partial charge in [-0.2, -0.15) is 5.26 Å². The second-order valence-electron chi connectivity index (χ2n) is 4.11. The van der Waals surface area contributed by atoms with E-state index in [1.807, 2.05) is 36.4 Å². The quantitative estimate of drug-likeness (QED) is 0.764. The predicted octanol–water partition coefficient (Wildman–Crippen LogP) is 3.68. The Morgan fingerprint density at radius 3 is 2.48 bits per heavy atom. The van der Waals surface area contributed by atoms with Gasteiger partial charge in [0.25, 0.3) is 0 Å². The Labute approximate surface area is 128 Å². The van der Waals surface area contributed by atoms with Crippen molar-refractivity contribution in [2.75, 3.05) is 20.3 Å². The normalized spacial score (nSPS) is 9.76. The van der Waals surface area contributed by atoms with E-state index in [-0.39, 0.29) is 0 Å². The summed E-state index contributed by atoms with van der Waals surface area (Å²) in [6.07, 6.45) is 0. The first-order valence-electron chi connectivity index (χ1n) is 6.33. The van der Waals surface area contributed by atoms with Gasteiger partial charge in [-0.1, -0.05) is 29.8 Å². The molecule has 2 rings (SSSR count). The van der Waals surface area contributed by atoms with Crippen LogP contribution in [0.1, 0.15) is 5.56 Å². The molecule has 2 aromatic carbocycles. The molecule has 4 nitrogen and oxygen atoms in total. The monoisotopic (exact) mass is 303 g/mol. The van der Waals surface area contributed by atoms with Crippen molar-refractivity contribution in [3.05, 3.63) is 53.1 Å². The number of para-hydroxylation sites is 1. The van der Waals surface area contributed by atoms with Crippen molar-refractivity contribution in [3.8, 4) is 23.3 Å². The third-order valence-corrected chi connectivity index (χ3v) is 2.98. The van der Waals surface area contributed by atoms with Gasteiger partial charge in [0.2, 0.25) is 0 Å². The lowest BCUT2D eigenvalue weighted by Crippen LogP contribution is -2.10. The highest BCUT2D eigenvalue weighted by molar-refractivity contribution is 6.32. The highest BCUT2D eigenvalue weighted by atomic mass is 35.5. The fourth-order valence-electron chi connectivity index (χ4n) is 1.74. The third kappa shape index (κ3) is 4.04. The maximum atomic E-state index is 8.89. The molecule has 0 atom stereocenters. The minimum atomic E-state index is 0.316. The number of hydrogen-bond donors (Lipinski definition) is 0. The van der Waals surface area contributed by atoms with Crippen LogP contribution in [0, 0.1) is 11.3 Å². The summed E-state index contributed by atoms with van der Waals surface area (Å²) in [5.41, 5.74) is 0.421. The van der Waals surface area contributed by atoms with Crippen molar-refractivity contribution < 1.29 is 14.2 Å². The molecule has 21 heavy (non-hydrogen) atoms. The Hall–Kier alpha value is -2.38. The molecule has 0 amide bonds. The van der Waals surface area contributed by atoms with Gasteiger partial charge >= 0.3 is 0 Å². The van der Waals surface area contributed by atoms with Crippen LogP contribution < -0.4 is 14.2 Å². The summed E-state index contributed by atoms with van der Waals surface area (Å²) in [6.45, 7) is 0.695. The van der Waals surface area contributed by atoms with E-state index in [1.54, 1.807) is 6.07 Å². The molecule has 0 spiro atoms. The van der Waals surface area contributed by atoms with Gasteiger partial charge < -0.3 is 14.2 Å². The van der Waals surface area contributed by atoms with Gasteiger partial charge in [0.15, 0.2) is 11.5 Å². The summed E-state index contributed by atoms with van der Waals surface area (Å²) < 4.78 is 16.3. The lowest BCUT2D eigenvalue weighted by atomic mass is 10.2. The number of nitriles is 1. The first-order valence-corrected chi connectivity index (χ1v) is 6.70. The van der Waals surface area contributed by atoms with E-state index in [4.69, 9.17) is 31.1 Å². The predicted molar refractivity (Wildman–Crippen MR) is 80.2 cm³/mol. The van der Waals surface area contributed by atoms with Crippen LogP contribution in [0.5, 0.6) is 17.2 Å². The summed E-state index contributed by atoms with van der Waals surface area (Å²) in [4.78, 5) is 0. The summed E-state index contributed by atoms with van der Waals surface area (Å²) in [6, 6.07) is 14.6. The molecule has 0 saturated carbocycles. The molecule has 0 radical (unpaired) electrons. The molecule has 0 unspecified atom stereocenters. The van der Waals surface area contributed by atoms with Gasteiger partial charge in [0.1, 0.15) is 19.0 Å². The Morgan fingerprint density at radius 2 is 1.81 bits per heavy atom. The van der Waals surface area contributed by atoms with Crippen LogP contribution in [0.2, 0.25) is 5.02 Å². The van der Waals surface area contributed by atoms with Gasteiger partial charge in [0, 0.05) is 6.07 Å². The van der Waals surface area contributed by atoms with E-state index in [0.29, 0.717) is 35.3 Å². The Morgan fingerprint density at radius 1 is 1.10 bits per heavy atom. The van der Waals surface area contributed by atoms with Crippen molar-refractivity contribution in [3.63, 3.8) is 0 Å². The van der Waals surface area contributed by atoms with Crippen LogP contribution in [0.15, 0.2) is 42.5 Å². The summed E-state index contributed by atoms with van der Waals surface area (Å²) in [5, 5.41) is 9.23. The third-order valence-electron chi connectivity index (χ3n) is 2.70. The Balaban J connectivity index is 1.95. The zero-order valence-corrected chi connectivity index (χ0v) is 12.3. The van der Waals surface area contributed by atoms with Gasteiger partial charge in [-0.25, -0.2) is 0 Å². The fraction of sp³-hybridized carbons (Fsp3) is 0.188.